The molecule has 1 rings (SSSR count). The Morgan fingerprint density at radius 2 is 2.13 bits per heavy atom. The Labute approximate surface area is 94.7 Å². The average Bonchev–Trinajstić information content (AvgIpc) is 2.18. The predicted molar refractivity (Wildman–Crippen MR) is 56.3 cm³/mol. The van der Waals surface area contributed by atoms with E-state index in [4.69, 9.17) is 5.11 Å². The maximum absolute atomic E-state index is 12.9. The van der Waals surface area contributed by atoms with Gasteiger partial charge >= 0.3 is 5.97 Å². The van der Waals surface area contributed by atoms with Crippen LogP contribution in [0.3, 0.4) is 0 Å². The number of aliphatic carboxylic acids is 1. The van der Waals surface area contributed by atoms with Crippen molar-refractivity contribution in [2.24, 2.45) is 0 Å². The van der Waals surface area contributed by atoms with E-state index in [2.05, 4.69) is 15.9 Å². The van der Waals surface area contributed by atoms with Crippen LogP contribution in [-0.2, 0) is 11.2 Å². The maximum atomic E-state index is 12.9. The Hall–Kier alpha value is -1.10. The molecule has 82 valence electrons. The van der Waals surface area contributed by atoms with E-state index in [1.165, 1.54) is 12.1 Å². The quantitative estimate of drug-likeness (QED) is 0.889. The molecular formula is C10H10BrFO3. The summed E-state index contributed by atoms with van der Waals surface area (Å²) in [5.74, 6) is -1.56. The largest absolute Gasteiger partial charge is 0.506 e. The van der Waals surface area contributed by atoms with Crippen LogP contribution in [0.4, 0.5) is 4.39 Å². The summed E-state index contributed by atoms with van der Waals surface area (Å²) in [6, 6.07) is 2.69. The number of hydrogen-bond acceptors (Lipinski definition) is 2. The lowest BCUT2D eigenvalue weighted by molar-refractivity contribution is -0.137. The monoisotopic (exact) mass is 276 g/mol. The van der Waals surface area contributed by atoms with E-state index in [1.807, 2.05) is 0 Å². The number of carbonyl (C=O) groups is 1. The van der Waals surface area contributed by atoms with E-state index >= 15 is 0 Å². The molecule has 0 spiro atoms. The molecule has 0 aromatic heterocycles. The normalized spacial score (nSPS) is 10.3. The lowest BCUT2D eigenvalue weighted by Crippen LogP contribution is -1.96. The molecule has 0 aliphatic rings. The molecule has 0 bridgehead atoms. The van der Waals surface area contributed by atoms with Gasteiger partial charge in [0.15, 0.2) is 0 Å². The van der Waals surface area contributed by atoms with Crippen LogP contribution in [0.1, 0.15) is 18.4 Å². The number of hydrogen-bond donors (Lipinski definition) is 2. The molecule has 2 N–H and O–H groups in total. The number of benzene rings is 1. The van der Waals surface area contributed by atoms with Gasteiger partial charge in [-0.2, -0.15) is 0 Å². The van der Waals surface area contributed by atoms with Crippen LogP contribution in [0.25, 0.3) is 0 Å². The number of phenolic OH excluding ortho intramolecular Hbond substituents is 1. The number of aromatic hydroxyl groups is 1. The van der Waals surface area contributed by atoms with Crippen molar-refractivity contribution < 1.29 is 19.4 Å². The van der Waals surface area contributed by atoms with Gasteiger partial charge in [-0.25, -0.2) is 4.39 Å². The van der Waals surface area contributed by atoms with Crippen LogP contribution in [0.5, 0.6) is 5.75 Å². The Bertz CT molecular complexity index is 379. The number of rotatable bonds is 4. The molecule has 0 unspecified atom stereocenters. The Balaban J connectivity index is 2.70. The Morgan fingerprint density at radius 3 is 2.73 bits per heavy atom. The zero-order chi connectivity index (χ0) is 11.4. The Morgan fingerprint density at radius 1 is 1.47 bits per heavy atom. The van der Waals surface area contributed by atoms with Gasteiger partial charge < -0.3 is 10.2 Å². The third-order valence-electron chi connectivity index (χ3n) is 1.99. The van der Waals surface area contributed by atoms with Gasteiger partial charge in [0.2, 0.25) is 0 Å². The molecule has 15 heavy (non-hydrogen) atoms. The molecule has 0 saturated heterocycles. The SMILES string of the molecule is O=C(O)CCCc1ccc(F)c(Br)c1O. The van der Waals surface area contributed by atoms with Crippen LogP contribution in [-0.4, -0.2) is 16.2 Å². The van der Waals surface area contributed by atoms with Crippen molar-refractivity contribution in [3.8, 4) is 5.75 Å². The highest BCUT2D eigenvalue weighted by atomic mass is 79.9. The summed E-state index contributed by atoms with van der Waals surface area (Å²) >= 11 is 2.91. The Kier molecular flexibility index (Phi) is 4.08. The van der Waals surface area contributed by atoms with E-state index in [1.54, 1.807) is 0 Å². The zero-order valence-electron chi connectivity index (χ0n) is 7.83. The van der Waals surface area contributed by atoms with Crippen molar-refractivity contribution >= 4 is 21.9 Å². The van der Waals surface area contributed by atoms with Gasteiger partial charge in [0.1, 0.15) is 11.6 Å². The molecule has 0 radical (unpaired) electrons. The van der Waals surface area contributed by atoms with Crippen LogP contribution in [0, 0.1) is 5.82 Å². The van der Waals surface area contributed by atoms with Gasteiger partial charge in [-0.1, -0.05) is 6.07 Å². The average molecular weight is 277 g/mol. The molecular weight excluding hydrogens is 267 g/mol. The minimum atomic E-state index is -0.879. The summed E-state index contributed by atoms with van der Waals surface area (Å²) < 4.78 is 12.9. The highest BCUT2D eigenvalue weighted by molar-refractivity contribution is 9.10. The summed E-state index contributed by atoms with van der Waals surface area (Å²) in [6.07, 6.45) is 0.867. The van der Waals surface area contributed by atoms with Crippen LogP contribution >= 0.6 is 15.9 Å². The van der Waals surface area contributed by atoms with Crippen LogP contribution in [0.2, 0.25) is 0 Å². The lowest BCUT2D eigenvalue weighted by atomic mass is 10.1. The highest BCUT2D eigenvalue weighted by Crippen LogP contribution is 2.31. The fourth-order valence-corrected chi connectivity index (χ4v) is 1.60. The minimum absolute atomic E-state index is 0.0234. The summed E-state index contributed by atoms with van der Waals surface area (Å²) in [5.41, 5.74) is 0.546. The fourth-order valence-electron chi connectivity index (χ4n) is 1.21. The van der Waals surface area contributed by atoms with E-state index in [-0.39, 0.29) is 16.6 Å². The lowest BCUT2D eigenvalue weighted by Gasteiger charge is -2.05. The standard InChI is InChI=1S/C10H10BrFO3/c11-9-7(12)5-4-6(10(9)15)2-1-3-8(13)14/h4-5,15H,1-3H2,(H,13,14). The molecule has 0 amide bonds. The van der Waals surface area contributed by atoms with Crippen molar-refractivity contribution in [1.82, 2.24) is 0 Å². The molecule has 0 aliphatic heterocycles. The van der Waals surface area contributed by atoms with Gasteiger partial charge in [-0.3, -0.25) is 4.79 Å². The van der Waals surface area contributed by atoms with Gasteiger partial charge in [0.05, 0.1) is 4.47 Å². The fraction of sp³-hybridized carbons (Fsp3) is 0.300. The number of carboxylic acid groups (broad SMARTS) is 1. The second-order valence-electron chi connectivity index (χ2n) is 3.12. The number of carboxylic acids is 1. The van der Waals surface area contributed by atoms with Gasteiger partial charge in [0, 0.05) is 6.42 Å². The molecule has 1 aromatic rings. The molecule has 0 fully saturated rings. The zero-order valence-corrected chi connectivity index (χ0v) is 9.42. The van der Waals surface area contributed by atoms with Gasteiger partial charge in [-0.15, -0.1) is 0 Å². The van der Waals surface area contributed by atoms with Crippen molar-refractivity contribution in [3.63, 3.8) is 0 Å². The third-order valence-corrected chi connectivity index (χ3v) is 2.74. The first-order chi connectivity index (χ1) is 7.02. The molecule has 0 aliphatic carbocycles. The van der Waals surface area contributed by atoms with Gasteiger partial charge in [-0.05, 0) is 40.4 Å². The first kappa shape index (κ1) is 12.0. The molecule has 5 heteroatoms. The highest BCUT2D eigenvalue weighted by Gasteiger charge is 2.10. The number of aryl methyl sites for hydroxylation is 1. The molecule has 3 nitrogen and oxygen atoms in total. The third kappa shape index (κ3) is 3.20. The van der Waals surface area contributed by atoms with Crippen LogP contribution < -0.4 is 0 Å². The summed E-state index contributed by atoms with van der Waals surface area (Å²) in [4.78, 5) is 10.3. The van der Waals surface area contributed by atoms with Crippen molar-refractivity contribution in [3.05, 3.63) is 28.0 Å². The topological polar surface area (TPSA) is 57.5 Å². The molecule has 1 aromatic carbocycles. The first-order valence-corrected chi connectivity index (χ1v) is 5.19. The smallest absolute Gasteiger partial charge is 0.303 e. The second-order valence-corrected chi connectivity index (χ2v) is 3.91. The minimum Gasteiger partial charge on any atom is -0.506 e. The van der Waals surface area contributed by atoms with Crippen molar-refractivity contribution in [2.75, 3.05) is 0 Å². The number of halogens is 2. The summed E-state index contributed by atoms with van der Waals surface area (Å²) in [7, 11) is 0. The van der Waals surface area contributed by atoms with Gasteiger partial charge in [0.25, 0.3) is 0 Å². The summed E-state index contributed by atoms with van der Waals surface area (Å²) in [5, 5.41) is 17.9. The van der Waals surface area contributed by atoms with Crippen LogP contribution in [0.15, 0.2) is 16.6 Å². The first-order valence-electron chi connectivity index (χ1n) is 4.40. The van der Waals surface area contributed by atoms with E-state index in [0.717, 1.165) is 0 Å². The summed E-state index contributed by atoms with van der Waals surface area (Å²) in [6.45, 7) is 0. The van der Waals surface area contributed by atoms with E-state index in [0.29, 0.717) is 18.4 Å². The molecule has 0 heterocycles. The van der Waals surface area contributed by atoms with Crippen molar-refractivity contribution in [1.29, 1.82) is 0 Å². The van der Waals surface area contributed by atoms with Crippen molar-refractivity contribution in [2.45, 2.75) is 19.3 Å². The van der Waals surface area contributed by atoms with E-state index < -0.39 is 11.8 Å². The molecule has 0 saturated carbocycles. The maximum Gasteiger partial charge on any atom is 0.303 e. The predicted octanol–water partition coefficient (Wildman–Crippen LogP) is 2.70. The van der Waals surface area contributed by atoms with E-state index in [9.17, 15) is 14.3 Å². The number of phenols is 1. The second kappa shape index (κ2) is 5.11. The molecule has 0 atom stereocenters.